The Morgan fingerprint density at radius 3 is 1.30 bits per heavy atom. The van der Waals surface area contributed by atoms with E-state index in [2.05, 4.69) is 62.5 Å². The molecular weight excluding hydrogens is 597 g/mol. The van der Waals surface area contributed by atoms with Gasteiger partial charge in [-0.2, -0.15) is 0 Å². The van der Waals surface area contributed by atoms with E-state index in [-0.39, 0.29) is 12.8 Å². The first-order valence-corrected chi connectivity index (χ1v) is 19.9. The van der Waals surface area contributed by atoms with Crippen molar-refractivity contribution in [2.45, 2.75) is 180 Å². The number of hydrogen-bond acceptors (Lipinski definition) is 5. The lowest BCUT2D eigenvalue weighted by Gasteiger charge is -2.22. The van der Waals surface area contributed by atoms with Gasteiger partial charge in [-0.25, -0.2) is 4.57 Å². The van der Waals surface area contributed by atoms with E-state index in [1.165, 1.54) is 44.9 Å². The molecule has 0 heterocycles. The molecule has 0 saturated heterocycles. The van der Waals surface area contributed by atoms with Crippen LogP contribution >= 0.6 is 7.82 Å². The van der Waals surface area contributed by atoms with E-state index in [1.54, 1.807) is 0 Å². The summed E-state index contributed by atoms with van der Waals surface area (Å²) in [6.45, 7) is 4.43. The molecule has 7 nitrogen and oxygen atoms in total. The summed E-state index contributed by atoms with van der Waals surface area (Å²) in [5, 5.41) is 0. The Kier molecular flexibility index (Phi) is 30.8. The molecule has 0 aromatic heterocycles. The highest BCUT2D eigenvalue weighted by Gasteiger charge is 2.36. The Labute approximate surface area is 281 Å². The molecule has 266 valence electrons. The fourth-order valence-electron chi connectivity index (χ4n) is 5.17. The molecule has 8 heteroatoms. The number of carbonyl (C=O) groups is 2. The number of phosphoric acid groups is 1. The van der Waals surface area contributed by atoms with Gasteiger partial charge in [-0.15, -0.1) is 0 Å². The number of allylic oxidation sites excluding steroid dienone is 8. The van der Waals surface area contributed by atoms with Crippen LogP contribution in [0.5, 0.6) is 0 Å². The first kappa shape index (κ1) is 44.4. The van der Waals surface area contributed by atoms with Crippen LogP contribution in [0.25, 0.3) is 0 Å². The maximum atomic E-state index is 12.8. The van der Waals surface area contributed by atoms with E-state index in [1.807, 2.05) is 0 Å². The quantitative estimate of drug-likeness (QED) is 0.0361. The largest absolute Gasteiger partial charge is 0.470 e. The van der Waals surface area contributed by atoms with Crippen LogP contribution in [0.4, 0.5) is 0 Å². The zero-order chi connectivity index (χ0) is 34.1. The summed E-state index contributed by atoms with van der Waals surface area (Å²) in [6.07, 6.45) is 39.7. The van der Waals surface area contributed by atoms with E-state index in [0.29, 0.717) is 12.8 Å². The van der Waals surface area contributed by atoms with Crippen LogP contribution < -0.4 is 5.73 Å². The molecule has 0 rings (SSSR count). The lowest BCUT2D eigenvalue weighted by Crippen LogP contribution is -2.47. The molecule has 0 amide bonds. The number of Topliss-reactive ketones (excluding diaryl/α,β-unsaturated/α-hetero) is 2. The van der Waals surface area contributed by atoms with Gasteiger partial charge in [0.15, 0.2) is 11.6 Å². The van der Waals surface area contributed by atoms with Gasteiger partial charge in [0, 0.05) is 12.8 Å². The Hall–Kier alpha value is -1.63. The first-order valence-electron chi connectivity index (χ1n) is 18.4. The molecule has 2 atom stereocenters. The third kappa shape index (κ3) is 29.8. The average Bonchev–Trinajstić information content (AvgIpc) is 3.02. The van der Waals surface area contributed by atoms with Gasteiger partial charge in [0.1, 0.15) is 6.10 Å². The van der Waals surface area contributed by atoms with Gasteiger partial charge in [0.25, 0.3) is 0 Å². The standard InChI is InChI=1S/C38H68NO6P/c1-3-5-7-9-11-13-15-17-19-21-23-25-27-29-31-33-35(40)37(39)38(45-46(42,43)44)36(41)34-32-30-28-26-24-22-20-18-16-14-12-10-8-6-4-2/h11-14,17-20,37-38H,3-10,15-16,21-34,39H2,1-2H3,(H2,42,43,44)/b13-11-,14-12-,19-17-,20-18-. The number of unbranched alkanes of at least 4 members (excludes halogenated alkanes) is 16. The molecule has 0 aromatic rings. The maximum absolute atomic E-state index is 12.8. The predicted molar refractivity (Wildman–Crippen MR) is 194 cm³/mol. The van der Waals surface area contributed by atoms with E-state index < -0.39 is 31.5 Å². The van der Waals surface area contributed by atoms with Gasteiger partial charge in [-0.1, -0.05) is 127 Å². The highest BCUT2D eigenvalue weighted by atomic mass is 31.2. The monoisotopic (exact) mass is 665 g/mol. The molecule has 0 saturated carbocycles. The molecule has 0 aliphatic heterocycles. The number of hydrogen-bond donors (Lipinski definition) is 3. The molecule has 4 N–H and O–H groups in total. The van der Waals surface area contributed by atoms with Crippen molar-refractivity contribution >= 4 is 19.4 Å². The molecule has 0 radical (unpaired) electrons. The highest BCUT2D eigenvalue weighted by molar-refractivity contribution is 7.46. The SMILES string of the molecule is CCCCC/C=C\C/C=C\CCCCCCCC(=O)C(N)C(OP(=O)(O)O)C(=O)CCCCCCC/C=C\C/C=C\CCCCC. The molecule has 0 spiro atoms. The van der Waals surface area contributed by atoms with Crippen molar-refractivity contribution in [2.24, 2.45) is 5.73 Å². The third-order valence-electron chi connectivity index (χ3n) is 8.01. The van der Waals surface area contributed by atoms with Crippen LogP contribution in [-0.2, 0) is 18.7 Å². The minimum atomic E-state index is -4.98. The van der Waals surface area contributed by atoms with Gasteiger partial charge in [-0.3, -0.25) is 14.1 Å². The topological polar surface area (TPSA) is 127 Å². The Morgan fingerprint density at radius 2 is 0.913 bits per heavy atom. The summed E-state index contributed by atoms with van der Waals surface area (Å²) in [5.74, 6) is -0.910. The van der Waals surface area contributed by atoms with Crippen molar-refractivity contribution in [1.82, 2.24) is 0 Å². The molecule has 2 unspecified atom stereocenters. The van der Waals surface area contributed by atoms with Crippen LogP contribution in [0.3, 0.4) is 0 Å². The lowest BCUT2D eigenvalue weighted by atomic mass is 9.96. The number of phosphoric ester groups is 1. The second-order valence-corrected chi connectivity index (χ2v) is 13.6. The van der Waals surface area contributed by atoms with Crippen LogP contribution in [-0.4, -0.2) is 33.5 Å². The first-order chi connectivity index (χ1) is 22.2. The lowest BCUT2D eigenvalue weighted by molar-refractivity contribution is -0.133. The Bertz CT molecular complexity index is 907. The van der Waals surface area contributed by atoms with E-state index in [0.717, 1.165) is 83.5 Å². The maximum Gasteiger partial charge on any atom is 0.470 e. The summed E-state index contributed by atoms with van der Waals surface area (Å²) in [5.41, 5.74) is 6.02. The van der Waals surface area contributed by atoms with Gasteiger partial charge in [0.05, 0.1) is 6.04 Å². The normalized spacial score (nSPS) is 13.9. The second kappa shape index (κ2) is 31.9. The Morgan fingerprint density at radius 1 is 0.565 bits per heavy atom. The van der Waals surface area contributed by atoms with Crippen molar-refractivity contribution in [3.63, 3.8) is 0 Å². The summed E-state index contributed by atoms with van der Waals surface area (Å²) < 4.78 is 16.3. The van der Waals surface area contributed by atoms with Crippen molar-refractivity contribution in [2.75, 3.05) is 0 Å². The predicted octanol–water partition coefficient (Wildman–Crippen LogP) is 10.6. The minimum Gasteiger partial charge on any atom is -0.319 e. The van der Waals surface area contributed by atoms with Crippen LogP contribution in [0, 0.1) is 0 Å². The summed E-state index contributed by atoms with van der Waals surface area (Å²) >= 11 is 0. The third-order valence-corrected chi connectivity index (χ3v) is 8.52. The molecule has 0 fully saturated rings. The van der Waals surface area contributed by atoms with Crippen LogP contribution in [0.1, 0.15) is 168 Å². The highest BCUT2D eigenvalue weighted by Crippen LogP contribution is 2.38. The zero-order valence-corrected chi connectivity index (χ0v) is 30.2. The van der Waals surface area contributed by atoms with E-state index in [4.69, 9.17) is 10.3 Å². The van der Waals surface area contributed by atoms with E-state index >= 15 is 0 Å². The smallest absolute Gasteiger partial charge is 0.319 e. The van der Waals surface area contributed by atoms with E-state index in [9.17, 15) is 23.9 Å². The summed E-state index contributed by atoms with van der Waals surface area (Å²) in [7, 11) is -4.98. The van der Waals surface area contributed by atoms with Gasteiger partial charge < -0.3 is 15.5 Å². The van der Waals surface area contributed by atoms with Gasteiger partial charge >= 0.3 is 7.82 Å². The summed E-state index contributed by atoms with van der Waals surface area (Å²) in [4.78, 5) is 44.2. The molecule has 0 aliphatic rings. The van der Waals surface area contributed by atoms with Gasteiger partial charge in [-0.05, 0) is 77.0 Å². The van der Waals surface area contributed by atoms with Crippen molar-refractivity contribution < 1.29 is 28.5 Å². The summed E-state index contributed by atoms with van der Waals surface area (Å²) in [6, 6.07) is -1.37. The Balaban J connectivity index is 4.16. The van der Waals surface area contributed by atoms with Crippen LogP contribution in [0.15, 0.2) is 48.6 Å². The second-order valence-electron chi connectivity index (χ2n) is 12.4. The van der Waals surface area contributed by atoms with Gasteiger partial charge in [0.2, 0.25) is 0 Å². The number of ketones is 2. The molecule has 0 aliphatic carbocycles. The van der Waals surface area contributed by atoms with Crippen molar-refractivity contribution in [3.05, 3.63) is 48.6 Å². The number of rotatable bonds is 33. The average molecular weight is 666 g/mol. The number of carbonyl (C=O) groups excluding carboxylic acids is 2. The number of nitrogens with two attached hydrogens (primary N) is 1. The van der Waals surface area contributed by atoms with Crippen molar-refractivity contribution in [3.8, 4) is 0 Å². The molecular formula is C38H68NO6P. The van der Waals surface area contributed by atoms with Crippen molar-refractivity contribution in [1.29, 1.82) is 0 Å². The molecule has 46 heavy (non-hydrogen) atoms. The fourth-order valence-corrected chi connectivity index (χ4v) is 5.72. The fraction of sp³-hybridized carbons (Fsp3) is 0.737. The molecule has 0 aromatic carbocycles. The van der Waals surface area contributed by atoms with Crippen LogP contribution in [0.2, 0.25) is 0 Å². The minimum absolute atomic E-state index is 0.0832. The zero-order valence-electron chi connectivity index (χ0n) is 29.3. The molecule has 0 bridgehead atoms.